The van der Waals surface area contributed by atoms with Crippen LogP contribution in [0.3, 0.4) is 0 Å². The molecule has 1 amide bonds. The number of nitrogens with one attached hydrogen (secondary N) is 2. The number of hydrogen-bond donors (Lipinski definition) is 2. The van der Waals surface area contributed by atoms with E-state index in [-0.39, 0.29) is 22.3 Å². The van der Waals surface area contributed by atoms with Gasteiger partial charge in [0.05, 0.1) is 18.3 Å². The van der Waals surface area contributed by atoms with Crippen LogP contribution in [-0.4, -0.2) is 37.2 Å². The van der Waals surface area contributed by atoms with Crippen LogP contribution in [0.1, 0.15) is 6.92 Å². The van der Waals surface area contributed by atoms with Gasteiger partial charge >= 0.3 is 0 Å². The second-order valence-electron chi connectivity index (χ2n) is 3.63. The molecule has 1 atom stereocenters. The number of ether oxygens (including phenoxy) is 1. The zero-order chi connectivity index (χ0) is 13.5. The van der Waals surface area contributed by atoms with E-state index in [4.69, 9.17) is 27.9 Å². The molecule has 2 N–H and O–H groups in total. The molecule has 0 saturated carbocycles. The summed E-state index contributed by atoms with van der Waals surface area (Å²) in [5.74, 6) is -0.197. The molecule has 18 heavy (non-hydrogen) atoms. The predicted molar refractivity (Wildman–Crippen MR) is 72.2 cm³/mol. The summed E-state index contributed by atoms with van der Waals surface area (Å²) in [4.78, 5) is 15.6. The molecule has 100 valence electrons. The summed E-state index contributed by atoms with van der Waals surface area (Å²) in [6.45, 7) is 2.89. The minimum Gasteiger partial charge on any atom is -0.383 e. The first-order chi connectivity index (χ1) is 8.54. The third-order valence-electron chi connectivity index (χ3n) is 2.22. The molecule has 1 aromatic heterocycles. The fourth-order valence-corrected chi connectivity index (χ4v) is 1.61. The fraction of sp³-hybridized carbons (Fsp3) is 0.455. The minimum atomic E-state index is -0.355. The van der Waals surface area contributed by atoms with Crippen molar-refractivity contribution in [2.75, 3.05) is 25.6 Å². The Labute approximate surface area is 116 Å². The molecule has 1 rings (SSSR count). The number of hydrogen-bond acceptors (Lipinski definition) is 4. The highest BCUT2D eigenvalue weighted by Crippen LogP contribution is 2.21. The lowest BCUT2D eigenvalue weighted by Crippen LogP contribution is -2.39. The first-order valence-electron chi connectivity index (χ1n) is 5.40. The highest BCUT2D eigenvalue weighted by Gasteiger charge is 2.13. The normalized spacial score (nSPS) is 12.2. The van der Waals surface area contributed by atoms with Crippen LogP contribution in [0.15, 0.2) is 12.1 Å². The van der Waals surface area contributed by atoms with Crippen LogP contribution in [0.5, 0.6) is 0 Å². The zero-order valence-electron chi connectivity index (χ0n) is 10.2. The summed E-state index contributed by atoms with van der Waals surface area (Å²) in [5.41, 5.74) is 0.437. The molecular formula is C11H15Cl2N3O2. The predicted octanol–water partition coefficient (Wildman–Crippen LogP) is 1.95. The minimum absolute atomic E-state index is 0.167. The topological polar surface area (TPSA) is 63.2 Å². The number of methoxy groups -OCH3 is 1. The Morgan fingerprint density at radius 1 is 1.50 bits per heavy atom. The molecule has 0 aromatic carbocycles. The van der Waals surface area contributed by atoms with Gasteiger partial charge in [0.15, 0.2) is 5.15 Å². The highest BCUT2D eigenvalue weighted by molar-refractivity contribution is 6.34. The average molecular weight is 292 g/mol. The first kappa shape index (κ1) is 15.2. The number of carbonyl (C=O) groups excluding carboxylic acids is 1. The van der Waals surface area contributed by atoms with E-state index in [9.17, 15) is 4.79 Å². The monoisotopic (exact) mass is 291 g/mol. The van der Waals surface area contributed by atoms with Gasteiger partial charge in [-0.1, -0.05) is 23.2 Å². The average Bonchev–Trinajstić information content (AvgIpc) is 2.32. The van der Waals surface area contributed by atoms with E-state index in [1.54, 1.807) is 26.2 Å². The Bertz CT molecular complexity index is 415. The van der Waals surface area contributed by atoms with Crippen LogP contribution in [0.2, 0.25) is 10.3 Å². The van der Waals surface area contributed by atoms with Crippen molar-refractivity contribution in [2.24, 2.45) is 0 Å². The van der Waals surface area contributed by atoms with Gasteiger partial charge in [0, 0.05) is 13.7 Å². The second-order valence-corrected chi connectivity index (χ2v) is 4.38. The van der Waals surface area contributed by atoms with E-state index in [1.807, 2.05) is 0 Å². The number of amides is 1. The molecule has 0 spiro atoms. The van der Waals surface area contributed by atoms with Crippen LogP contribution >= 0.6 is 23.2 Å². The molecule has 0 aliphatic carbocycles. The Hall–Kier alpha value is -0.880. The smallest absolute Gasteiger partial charge is 0.241 e. The van der Waals surface area contributed by atoms with E-state index in [0.29, 0.717) is 18.8 Å². The SMILES string of the molecule is COCCN[C@@H](C)C(=O)Nc1ccc(Cl)nc1Cl. The van der Waals surface area contributed by atoms with Crippen LogP contribution < -0.4 is 10.6 Å². The summed E-state index contributed by atoms with van der Waals surface area (Å²) >= 11 is 11.5. The molecule has 1 heterocycles. The van der Waals surface area contributed by atoms with Crippen molar-refractivity contribution in [3.8, 4) is 0 Å². The summed E-state index contributed by atoms with van der Waals surface area (Å²) in [6.07, 6.45) is 0. The Morgan fingerprint density at radius 3 is 2.83 bits per heavy atom. The summed E-state index contributed by atoms with van der Waals surface area (Å²) in [6, 6.07) is 2.82. The van der Waals surface area contributed by atoms with E-state index in [2.05, 4.69) is 15.6 Å². The molecule has 0 aliphatic rings. The van der Waals surface area contributed by atoms with E-state index >= 15 is 0 Å². The molecule has 0 unspecified atom stereocenters. The van der Waals surface area contributed by atoms with Gasteiger partial charge in [-0.15, -0.1) is 0 Å². The van der Waals surface area contributed by atoms with E-state index in [1.165, 1.54) is 0 Å². The molecule has 0 saturated heterocycles. The molecule has 1 aromatic rings. The summed E-state index contributed by atoms with van der Waals surface area (Å²) in [5, 5.41) is 6.12. The van der Waals surface area contributed by atoms with Gasteiger partial charge in [0.2, 0.25) is 5.91 Å². The third kappa shape index (κ3) is 4.78. The number of halogens is 2. The Balaban J connectivity index is 2.53. The lowest BCUT2D eigenvalue weighted by Gasteiger charge is -2.14. The van der Waals surface area contributed by atoms with Crippen molar-refractivity contribution in [3.05, 3.63) is 22.4 Å². The molecule has 0 fully saturated rings. The highest BCUT2D eigenvalue weighted by atomic mass is 35.5. The van der Waals surface area contributed by atoms with Gasteiger partial charge in [-0.3, -0.25) is 4.79 Å². The maximum atomic E-state index is 11.8. The van der Waals surface area contributed by atoms with Crippen LogP contribution in [-0.2, 0) is 9.53 Å². The van der Waals surface area contributed by atoms with E-state index in [0.717, 1.165) is 0 Å². The Kier molecular flexibility index (Phi) is 6.35. The Morgan fingerprint density at radius 2 is 2.22 bits per heavy atom. The van der Waals surface area contributed by atoms with Crippen molar-refractivity contribution in [1.29, 1.82) is 0 Å². The largest absolute Gasteiger partial charge is 0.383 e. The summed E-state index contributed by atoms with van der Waals surface area (Å²) < 4.78 is 4.88. The molecule has 0 aliphatic heterocycles. The number of rotatable bonds is 6. The number of carbonyl (C=O) groups is 1. The van der Waals surface area contributed by atoms with Gasteiger partial charge in [-0.25, -0.2) is 4.98 Å². The summed E-state index contributed by atoms with van der Waals surface area (Å²) in [7, 11) is 1.60. The van der Waals surface area contributed by atoms with Crippen molar-refractivity contribution < 1.29 is 9.53 Å². The van der Waals surface area contributed by atoms with Crippen molar-refractivity contribution in [3.63, 3.8) is 0 Å². The van der Waals surface area contributed by atoms with E-state index < -0.39 is 0 Å². The molecule has 0 bridgehead atoms. The number of anilines is 1. The zero-order valence-corrected chi connectivity index (χ0v) is 11.7. The van der Waals surface area contributed by atoms with Gasteiger partial charge in [-0.05, 0) is 19.1 Å². The van der Waals surface area contributed by atoms with Crippen LogP contribution in [0.25, 0.3) is 0 Å². The first-order valence-corrected chi connectivity index (χ1v) is 6.15. The van der Waals surface area contributed by atoms with Gasteiger partial charge in [0.1, 0.15) is 5.15 Å². The lowest BCUT2D eigenvalue weighted by atomic mass is 10.3. The van der Waals surface area contributed by atoms with Crippen LogP contribution in [0.4, 0.5) is 5.69 Å². The number of nitrogens with zero attached hydrogens (tertiary/aromatic N) is 1. The maximum Gasteiger partial charge on any atom is 0.241 e. The van der Waals surface area contributed by atoms with Gasteiger partial charge in [-0.2, -0.15) is 0 Å². The lowest BCUT2D eigenvalue weighted by molar-refractivity contribution is -0.117. The van der Waals surface area contributed by atoms with Gasteiger partial charge in [0.25, 0.3) is 0 Å². The fourth-order valence-electron chi connectivity index (χ4n) is 1.22. The molecule has 0 radical (unpaired) electrons. The molecule has 7 heteroatoms. The van der Waals surface area contributed by atoms with Crippen molar-refractivity contribution in [2.45, 2.75) is 13.0 Å². The number of pyridine rings is 1. The standard InChI is InChI=1S/C11H15Cl2N3O2/c1-7(14-5-6-18-2)11(17)15-8-3-4-9(12)16-10(8)13/h3-4,7,14H,5-6H2,1-2H3,(H,15,17)/t7-/m0/s1. The van der Waals surface area contributed by atoms with Crippen molar-refractivity contribution in [1.82, 2.24) is 10.3 Å². The number of aromatic nitrogens is 1. The molecular weight excluding hydrogens is 277 g/mol. The second kappa shape index (κ2) is 7.53. The third-order valence-corrected chi connectivity index (χ3v) is 2.72. The maximum absolute atomic E-state index is 11.8. The quantitative estimate of drug-likeness (QED) is 0.621. The molecule has 5 nitrogen and oxygen atoms in total. The van der Waals surface area contributed by atoms with Gasteiger partial charge < -0.3 is 15.4 Å². The van der Waals surface area contributed by atoms with Crippen molar-refractivity contribution >= 4 is 34.8 Å². The van der Waals surface area contributed by atoms with Crippen LogP contribution in [0, 0.1) is 0 Å².